The molecule has 0 aliphatic carbocycles. The minimum Gasteiger partial charge on any atom is -0.481 e. The molecule has 0 aliphatic heterocycles. The third-order valence-electron chi connectivity index (χ3n) is 2.66. The van der Waals surface area contributed by atoms with E-state index in [0.717, 1.165) is 0 Å². The summed E-state index contributed by atoms with van der Waals surface area (Å²) in [4.78, 5) is 22.2. The first-order valence-electron chi connectivity index (χ1n) is 6.23. The van der Waals surface area contributed by atoms with Crippen molar-refractivity contribution in [2.45, 2.75) is 32.2 Å². The zero-order valence-corrected chi connectivity index (χ0v) is 13.5. The van der Waals surface area contributed by atoms with Gasteiger partial charge < -0.3 is 15.7 Å². The highest BCUT2D eigenvalue weighted by Crippen LogP contribution is 2.32. The number of carbonyl (C=O) groups is 2. The van der Waals surface area contributed by atoms with Crippen LogP contribution in [0, 0.1) is 0 Å². The van der Waals surface area contributed by atoms with E-state index in [2.05, 4.69) is 10.6 Å². The zero-order valence-electron chi connectivity index (χ0n) is 11.3. The normalized spacial score (nSPS) is 11.8. The Morgan fingerprint density at radius 3 is 2.43 bits per heavy atom. The number of urea groups is 1. The van der Waals surface area contributed by atoms with Crippen LogP contribution >= 0.6 is 34.8 Å². The Morgan fingerprint density at radius 2 is 1.81 bits per heavy atom. The highest BCUT2D eigenvalue weighted by Gasteiger charge is 2.11. The Morgan fingerprint density at radius 1 is 1.19 bits per heavy atom. The summed E-state index contributed by atoms with van der Waals surface area (Å²) >= 11 is 17.6. The van der Waals surface area contributed by atoms with Gasteiger partial charge in [0.2, 0.25) is 0 Å². The number of benzene rings is 1. The highest BCUT2D eigenvalue weighted by molar-refractivity contribution is 6.44. The molecule has 0 radical (unpaired) electrons. The van der Waals surface area contributed by atoms with Crippen LogP contribution in [0.2, 0.25) is 15.1 Å². The molecular weight excluding hydrogens is 339 g/mol. The lowest BCUT2D eigenvalue weighted by Crippen LogP contribution is -2.36. The largest absolute Gasteiger partial charge is 0.481 e. The second-order valence-electron chi connectivity index (χ2n) is 4.53. The van der Waals surface area contributed by atoms with Gasteiger partial charge in [-0.15, -0.1) is 0 Å². The fourth-order valence-corrected chi connectivity index (χ4v) is 2.23. The fraction of sp³-hybridized carbons (Fsp3) is 0.385. The van der Waals surface area contributed by atoms with Gasteiger partial charge in [0.25, 0.3) is 0 Å². The summed E-state index contributed by atoms with van der Waals surface area (Å²) in [6.45, 7) is 1.79. The summed E-state index contributed by atoms with van der Waals surface area (Å²) in [6.07, 6.45) is 1.13. The van der Waals surface area contributed by atoms with E-state index in [1.54, 1.807) is 6.92 Å². The van der Waals surface area contributed by atoms with E-state index in [-0.39, 0.29) is 22.5 Å². The number of aliphatic carboxylic acids is 1. The summed E-state index contributed by atoms with van der Waals surface area (Å²) in [7, 11) is 0. The SMILES string of the molecule is CC(CCCC(=O)O)NC(=O)Nc1cc(Cl)c(Cl)cc1Cl. The Hall–Kier alpha value is -1.17. The van der Waals surface area contributed by atoms with E-state index in [9.17, 15) is 9.59 Å². The third-order valence-corrected chi connectivity index (χ3v) is 3.70. The number of hydrogen-bond donors (Lipinski definition) is 3. The minimum absolute atomic E-state index is 0.0757. The zero-order chi connectivity index (χ0) is 16.0. The van der Waals surface area contributed by atoms with E-state index in [0.29, 0.717) is 23.6 Å². The molecule has 0 saturated heterocycles. The molecule has 0 heterocycles. The maximum absolute atomic E-state index is 11.8. The molecule has 1 rings (SSSR count). The Bertz CT molecular complexity index is 538. The number of anilines is 1. The summed E-state index contributed by atoms with van der Waals surface area (Å²) in [5.74, 6) is -0.853. The molecule has 0 aliphatic rings. The van der Waals surface area contributed by atoms with Crippen molar-refractivity contribution in [1.29, 1.82) is 0 Å². The van der Waals surface area contributed by atoms with Crippen LogP contribution in [0.1, 0.15) is 26.2 Å². The van der Waals surface area contributed by atoms with Crippen molar-refractivity contribution in [3.63, 3.8) is 0 Å². The number of carbonyl (C=O) groups excluding carboxylic acids is 1. The van der Waals surface area contributed by atoms with Gasteiger partial charge in [0, 0.05) is 12.5 Å². The van der Waals surface area contributed by atoms with Gasteiger partial charge in [-0.3, -0.25) is 4.79 Å². The standard InChI is InChI=1S/C13H15Cl3N2O3/c1-7(3-2-4-12(19)20)17-13(21)18-11-6-9(15)8(14)5-10(11)16/h5-7H,2-4H2,1H3,(H,19,20)(H2,17,18,21). The maximum atomic E-state index is 11.8. The summed E-state index contributed by atoms with van der Waals surface area (Å²) in [5.41, 5.74) is 0.348. The van der Waals surface area contributed by atoms with Crippen LogP contribution in [0.4, 0.5) is 10.5 Å². The van der Waals surface area contributed by atoms with E-state index in [1.165, 1.54) is 12.1 Å². The Labute approximate surface area is 137 Å². The molecule has 0 bridgehead atoms. The van der Waals surface area contributed by atoms with Crippen molar-refractivity contribution in [3.05, 3.63) is 27.2 Å². The predicted molar refractivity (Wildman–Crippen MR) is 84.6 cm³/mol. The lowest BCUT2D eigenvalue weighted by atomic mass is 10.1. The quantitative estimate of drug-likeness (QED) is 0.663. The van der Waals surface area contributed by atoms with Crippen LogP contribution in [-0.2, 0) is 4.79 Å². The van der Waals surface area contributed by atoms with Gasteiger partial charge in [-0.05, 0) is 31.9 Å². The average molecular weight is 354 g/mol. The maximum Gasteiger partial charge on any atom is 0.319 e. The molecular formula is C13H15Cl3N2O3. The Kier molecular flexibility index (Phi) is 7.08. The minimum atomic E-state index is -0.853. The molecule has 0 fully saturated rings. The predicted octanol–water partition coefficient (Wildman–Crippen LogP) is 4.41. The van der Waals surface area contributed by atoms with Crippen molar-refractivity contribution in [2.75, 3.05) is 5.32 Å². The van der Waals surface area contributed by atoms with Crippen LogP contribution in [0.25, 0.3) is 0 Å². The number of halogens is 3. The van der Waals surface area contributed by atoms with Crippen LogP contribution in [0.15, 0.2) is 12.1 Å². The molecule has 2 amide bonds. The fourth-order valence-electron chi connectivity index (χ4n) is 1.63. The van der Waals surface area contributed by atoms with Crippen LogP contribution in [0.3, 0.4) is 0 Å². The molecule has 116 valence electrons. The summed E-state index contributed by atoms with van der Waals surface area (Å²) < 4.78 is 0. The lowest BCUT2D eigenvalue weighted by Gasteiger charge is -2.15. The number of carboxylic acids is 1. The van der Waals surface area contributed by atoms with Gasteiger partial charge in [-0.1, -0.05) is 34.8 Å². The van der Waals surface area contributed by atoms with Crippen LogP contribution in [-0.4, -0.2) is 23.1 Å². The van der Waals surface area contributed by atoms with Crippen LogP contribution < -0.4 is 10.6 Å². The molecule has 1 atom stereocenters. The van der Waals surface area contributed by atoms with Crippen molar-refractivity contribution in [2.24, 2.45) is 0 Å². The Balaban J connectivity index is 2.50. The summed E-state index contributed by atoms with van der Waals surface area (Å²) in [5, 5.41) is 14.7. The first-order chi connectivity index (χ1) is 9.79. The third kappa shape index (κ3) is 6.42. The van der Waals surface area contributed by atoms with Gasteiger partial charge in [-0.2, -0.15) is 0 Å². The first kappa shape index (κ1) is 17.9. The number of hydrogen-bond acceptors (Lipinski definition) is 2. The van der Waals surface area contributed by atoms with Gasteiger partial charge in [0.15, 0.2) is 0 Å². The molecule has 8 heteroatoms. The first-order valence-corrected chi connectivity index (χ1v) is 7.37. The topological polar surface area (TPSA) is 78.4 Å². The molecule has 1 aromatic carbocycles. The molecule has 0 aromatic heterocycles. The number of carboxylic acid groups (broad SMARTS) is 1. The van der Waals surface area contributed by atoms with E-state index in [4.69, 9.17) is 39.9 Å². The molecule has 3 N–H and O–H groups in total. The number of nitrogens with one attached hydrogen (secondary N) is 2. The molecule has 5 nitrogen and oxygen atoms in total. The van der Waals surface area contributed by atoms with Crippen molar-refractivity contribution < 1.29 is 14.7 Å². The van der Waals surface area contributed by atoms with Gasteiger partial charge in [-0.25, -0.2) is 4.79 Å². The molecule has 1 aromatic rings. The molecule has 1 unspecified atom stereocenters. The van der Waals surface area contributed by atoms with Gasteiger partial charge >= 0.3 is 12.0 Å². The van der Waals surface area contributed by atoms with Gasteiger partial charge in [0.1, 0.15) is 0 Å². The van der Waals surface area contributed by atoms with E-state index >= 15 is 0 Å². The molecule has 0 spiro atoms. The summed E-state index contributed by atoms with van der Waals surface area (Å²) in [6, 6.07) is 2.29. The van der Waals surface area contributed by atoms with E-state index in [1.807, 2.05) is 0 Å². The molecule has 21 heavy (non-hydrogen) atoms. The lowest BCUT2D eigenvalue weighted by molar-refractivity contribution is -0.137. The highest BCUT2D eigenvalue weighted by atomic mass is 35.5. The second kappa shape index (κ2) is 8.32. The number of rotatable bonds is 6. The van der Waals surface area contributed by atoms with E-state index < -0.39 is 12.0 Å². The van der Waals surface area contributed by atoms with Crippen molar-refractivity contribution in [1.82, 2.24) is 5.32 Å². The number of amides is 2. The second-order valence-corrected chi connectivity index (χ2v) is 5.75. The van der Waals surface area contributed by atoms with Crippen molar-refractivity contribution >= 4 is 52.5 Å². The smallest absolute Gasteiger partial charge is 0.319 e. The monoisotopic (exact) mass is 352 g/mol. The van der Waals surface area contributed by atoms with Crippen molar-refractivity contribution in [3.8, 4) is 0 Å². The molecule has 0 saturated carbocycles. The van der Waals surface area contributed by atoms with Crippen LogP contribution in [0.5, 0.6) is 0 Å². The average Bonchev–Trinajstić information content (AvgIpc) is 2.35. The van der Waals surface area contributed by atoms with Gasteiger partial charge in [0.05, 0.1) is 20.8 Å².